The van der Waals surface area contributed by atoms with E-state index in [-0.39, 0.29) is 0 Å². The Kier molecular flexibility index (Phi) is 5.54. The molecular formula is C20H10S4Se4. The predicted octanol–water partition coefficient (Wildman–Crippen LogP) is 4.96. The van der Waals surface area contributed by atoms with Crippen molar-refractivity contribution >= 4 is 127 Å². The molecule has 0 radical (unpaired) electrons. The van der Waals surface area contributed by atoms with Crippen LogP contribution >= 0.6 is 45.3 Å². The Morgan fingerprint density at radius 3 is 1.50 bits per heavy atom. The van der Waals surface area contributed by atoms with E-state index in [1.807, 2.05) is 45.3 Å². The van der Waals surface area contributed by atoms with Gasteiger partial charge >= 0.3 is 204 Å². The topological polar surface area (TPSA) is 0 Å². The molecule has 0 aromatic carbocycles. The van der Waals surface area contributed by atoms with Gasteiger partial charge in [-0.3, -0.25) is 0 Å². The maximum absolute atomic E-state index is 2.36. The van der Waals surface area contributed by atoms with Crippen LogP contribution < -0.4 is 6.67 Å². The zero-order valence-corrected chi connectivity index (χ0v) is 24.2. The van der Waals surface area contributed by atoms with E-state index in [0.717, 1.165) is 0 Å². The van der Waals surface area contributed by atoms with E-state index in [9.17, 15) is 0 Å². The van der Waals surface area contributed by atoms with Crippen molar-refractivity contribution in [3.05, 3.63) is 57.9 Å². The van der Waals surface area contributed by atoms with Gasteiger partial charge in [0, 0.05) is 0 Å². The summed E-state index contributed by atoms with van der Waals surface area (Å²) < 4.78 is 10.1. The van der Waals surface area contributed by atoms with E-state index in [0.29, 0.717) is 55.3 Å². The second-order valence-electron chi connectivity index (χ2n) is 5.89. The summed E-state index contributed by atoms with van der Waals surface area (Å²) in [6.45, 7) is 0. The summed E-state index contributed by atoms with van der Waals surface area (Å²) in [5.74, 6) is 0. The van der Waals surface area contributed by atoms with Gasteiger partial charge in [0.05, 0.1) is 0 Å². The van der Waals surface area contributed by atoms with Crippen LogP contribution in [-0.4, -0.2) is 55.3 Å². The third-order valence-electron chi connectivity index (χ3n) is 4.26. The fourth-order valence-corrected chi connectivity index (χ4v) is 29.0. The summed E-state index contributed by atoms with van der Waals surface area (Å²) in [6.07, 6.45) is 0. The van der Waals surface area contributed by atoms with Crippen molar-refractivity contribution in [2.45, 2.75) is 0 Å². The Hall–Kier alpha value is 0.358. The molecule has 0 aliphatic rings. The first-order valence-corrected chi connectivity index (χ1v) is 21.3. The van der Waals surface area contributed by atoms with Crippen LogP contribution in [0.4, 0.5) is 0 Å². The molecule has 8 heteroatoms. The van der Waals surface area contributed by atoms with Crippen LogP contribution in [0, 0.1) is 0 Å². The Labute approximate surface area is 201 Å². The van der Waals surface area contributed by atoms with Crippen LogP contribution in [0.2, 0.25) is 0 Å². The molecule has 0 bridgehead atoms. The van der Waals surface area contributed by atoms with Gasteiger partial charge in [0.25, 0.3) is 0 Å². The second-order valence-corrected chi connectivity index (χ2v) is 22.6. The standard InChI is InChI=1S/C20H10S4Se4/c1-3-13(21-7-1)17-11-5-9-23-15(11)19(25-17)27-28-20-16-12(6-10-24-16)18(26-20)14-4-2-8-22-14/h1-10H. The van der Waals surface area contributed by atoms with Crippen molar-refractivity contribution in [1.29, 1.82) is 0 Å². The van der Waals surface area contributed by atoms with E-state index >= 15 is 0 Å². The molecule has 6 rings (SSSR count). The molecule has 0 unspecified atom stereocenters. The molecule has 0 N–H and O–H groups in total. The summed E-state index contributed by atoms with van der Waals surface area (Å²) in [4.78, 5) is 2.98. The monoisotopic (exact) mass is 698 g/mol. The van der Waals surface area contributed by atoms with Crippen molar-refractivity contribution in [3.8, 4) is 18.6 Å². The van der Waals surface area contributed by atoms with Crippen molar-refractivity contribution in [2.75, 3.05) is 0 Å². The summed E-state index contributed by atoms with van der Waals surface area (Å²) in [6, 6.07) is 13.7. The summed E-state index contributed by atoms with van der Waals surface area (Å²) >= 11 is 10.1. The average Bonchev–Trinajstić information content (AvgIpc) is 3.53. The molecular weight excluding hydrogens is 684 g/mol. The van der Waals surface area contributed by atoms with Crippen LogP contribution in [0.1, 0.15) is 0 Å². The van der Waals surface area contributed by atoms with Crippen LogP contribution in [0.3, 0.4) is 0 Å². The van der Waals surface area contributed by atoms with E-state index in [1.54, 1.807) is 35.7 Å². The number of rotatable bonds is 5. The van der Waals surface area contributed by atoms with Gasteiger partial charge in [0.1, 0.15) is 0 Å². The molecule has 6 heterocycles. The Morgan fingerprint density at radius 1 is 0.571 bits per heavy atom. The first-order valence-electron chi connectivity index (χ1n) is 8.31. The molecule has 6 aromatic heterocycles. The summed E-state index contributed by atoms with van der Waals surface area (Å²) in [5.41, 5.74) is 0. The van der Waals surface area contributed by atoms with Gasteiger partial charge in [-0.05, 0) is 0 Å². The number of fused-ring (bicyclic) bond motifs is 2. The SMILES string of the molecule is c1csc(-c2[se]c([Se][Se]c3[se]c(-c4cccs4)c4ccsc34)c3sccc23)c1. The van der Waals surface area contributed by atoms with Gasteiger partial charge in [-0.2, -0.15) is 0 Å². The van der Waals surface area contributed by atoms with Crippen LogP contribution in [0.25, 0.3) is 38.8 Å². The summed E-state index contributed by atoms with van der Waals surface area (Å²) in [7, 11) is 0. The molecule has 138 valence electrons. The first-order chi connectivity index (χ1) is 13.9. The molecule has 0 nitrogen and oxygen atoms in total. The zero-order chi connectivity index (χ0) is 18.5. The van der Waals surface area contributed by atoms with Crippen LogP contribution in [-0.2, 0) is 0 Å². The van der Waals surface area contributed by atoms with Gasteiger partial charge in [-0.1, -0.05) is 0 Å². The van der Waals surface area contributed by atoms with Crippen molar-refractivity contribution < 1.29 is 0 Å². The summed E-state index contributed by atoms with van der Waals surface area (Å²) in [5, 5.41) is 12.1. The molecule has 0 saturated carbocycles. The third-order valence-corrected chi connectivity index (χ3v) is 29.4. The minimum absolute atomic E-state index is 0.528. The van der Waals surface area contributed by atoms with E-state index < -0.39 is 0 Å². The van der Waals surface area contributed by atoms with E-state index in [4.69, 9.17) is 0 Å². The van der Waals surface area contributed by atoms with Crippen LogP contribution in [0.15, 0.2) is 57.9 Å². The maximum atomic E-state index is 2.36. The molecule has 0 atom stereocenters. The molecule has 0 amide bonds. The number of thiophene rings is 4. The average molecular weight is 694 g/mol. The molecule has 0 spiro atoms. The van der Waals surface area contributed by atoms with Crippen molar-refractivity contribution in [2.24, 2.45) is 0 Å². The Morgan fingerprint density at radius 2 is 1.07 bits per heavy atom. The fourth-order valence-electron chi connectivity index (χ4n) is 3.05. The molecule has 28 heavy (non-hydrogen) atoms. The second kappa shape index (κ2) is 8.13. The van der Waals surface area contributed by atoms with Crippen LogP contribution in [0.5, 0.6) is 0 Å². The van der Waals surface area contributed by atoms with E-state index in [2.05, 4.69) is 57.9 Å². The first kappa shape index (κ1) is 19.1. The van der Waals surface area contributed by atoms with Gasteiger partial charge in [-0.25, -0.2) is 0 Å². The Bertz CT molecular complexity index is 1260. The Balaban J connectivity index is 1.37. The molecule has 0 aliphatic carbocycles. The van der Waals surface area contributed by atoms with Crippen molar-refractivity contribution in [3.63, 3.8) is 0 Å². The fraction of sp³-hybridized carbons (Fsp3) is 0. The van der Waals surface area contributed by atoms with Gasteiger partial charge in [0.2, 0.25) is 0 Å². The minimum atomic E-state index is 0.528. The van der Waals surface area contributed by atoms with E-state index in [1.165, 1.54) is 9.75 Å². The zero-order valence-electron chi connectivity index (χ0n) is 14.0. The number of hydrogen-bond acceptors (Lipinski definition) is 4. The third kappa shape index (κ3) is 3.33. The molecule has 0 saturated heterocycles. The predicted molar refractivity (Wildman–Crippen MR) is 135 cm³/mol. The van der Waals surface area contributed by atoms with Gasteiger partial charge < -0.3 is 0 Å². The van der Waals surface area contributed by atoms with Gasteiger partial charge in [0.15, 0.2) is 0 Å². The normalized spacial score (nSPS) is 11.9. The molecule has 0 aliphatic heterocycles. The number of hydrogen-bond donors (Lipinski definition) is 0. The molecule has 0 fully saturated rings. The van der Waals surface area contributed by atoms with Crippen molar-refractivity contribution in [1.82, 2.24) is 0 Å². The quantitative estimate of drug-likeness (QED) is 0.224. The van der Waals surface area contributed by atoms with Gasteiger partial charge in [-0.15, -0.1) is 0 Å². The molecule has 6 aromatic rings.